The van der Waals surface area contributed by atoms with Gasteiger partial charge in [0, 0.05) is 10.9 Å². The van der Waals surface area contributed by atoms with Crippen molar-refractivity contribution in [1.29, 1.82) is 5.26 Å². The number of anilines is 1. The third-order valence-corrected chi connectivity index (χ3v) is 6.11. The van der Waals surface area contributed by atoms with Crippen molar-refractivity contribution >= 4 is 28.5 Å². The summed E-state index contributed by atoms with van der Waals surface area (Å²) in [4.78, 5) is 17.2. The van der Waals surface area contributed by atoms with Gasteiger partial charge < -0.3 is 14.2 Å². The Bertz CT molecular complexity index is 1440. The molecule has 0 saturated carbocycles. The van der Waals surface area contributed by atoms with Gasteiger partial charge in [-0.15, -0.1) is 11.3 Å². The van der Waals surface area contributed by atoms with Crippen molar-refractivity contribution in [1.82, 2.24) is 4.98 Å². The van der Waals surface area contributed by atoms with Gasteiger partial charge in [0.1, 0.15) is 30.6 Å². The minimum absolute atomic E-state index is 0.0567. The Morgan fingerprint density at radius 1 is 1.00 bits per heavy atom. The molecular weight excluding hydrogens is 486 g/mol. The molecule has 8 heteroatoms. The molecule has 0 saturated heterocycles. The summed E-state index contributed by atoms with van der Waals surface area (Å²) in [6, 6.07) is 24.6. The van der Waals surface area contributed by atoms with E-state index in [0.717, 1.165) is 22.6 Å². The van der Waals surface area contributed by atoms with Crippen molar-refractivity contribution in [2.45, 2.75) is 6.92 Å². The smallest absolute Gasteiger partial charge is 0.268 e. The first-order chi connectivity index (χ1) is 18.1. The van der Waals surface area contributed by atoms with E-state index in [2.05, 4.69) is 10.3 Å². The molecule has 4 rings (SSSR count). The molecule has 4 aromatic rings. The zero-order valence-electron chi connectivity index (χ0n) is 20.4. The van der Waals surface area contributed by atoms with Crippen LogP contribution < -0.4 is 19.5 Å². The number of carbonyl (C=O) groups is 1. The van der Waals surface area contributed by atoms with Crippen molar-refractivity contribution in [3.8, 4) is 34.6 Å². The van der Waals surface area contributed by atoms with Crippen molar-refractivity contribution in [2.24, 2.45) is 0 Å². The van der Waals surface area contributed by atoms with Gasteiger partial charge in [-0.3, -0.25) is 10.1 Å². The van der Waals surface area contributed by atoms with E-state index in [1.54, 1.807) is 18.2 Å². The van der Waals surface area contributed by atoms with Gasteiger partial charge in [-0.2, -0.15) is 5.26 Å². The summed E-state index contributed by atoms with van der Waals surface area (Å²) < 4.78 is 17.0. The second-order valence-corrected chi connectivity index (χ2v) is 8.76. The van der Waals surface area contributed by atoms with Gasteiger partial charge in [0.05, 0.1) is 12.8 Å². The van der Waals surface area contributed by atoms with Crippen LogP contribution in [-0.4, -0.2) is 31.2 Å². The quantitative estimate of drug-likeness (QED) is 0.156. The minimum atomic E-state index is -0.538. The number of carbonyl (C=O) groups excluding carboxylic acids is 1. The first-order valence-corrected chi connectivity index (χ1v) is 12.4. The summed E-state index contributed by atoms with van der Waals surface area (Å²) in [6.45, 7) is 2.68. The number of nitrogens with zero attached hydrogens (tertiary/aromatic N) is 2. The fourth-order valence-electron chi connectivity index (χ4n) is 3.47. The normalized spacial score (nSPS) is 10.9. The first-order valence-electron chi connectivity index (χ1n) is 11.5. The molecule has 0 aliphatic rings. The molecule has 0 atom stereocenters. The molecule has 3 aromatic carbocycles. The minimum Gasteiger partial charge on any atom is -0.493 e. The first kappa shape index (κ1) is 25.5. The summed E-state index contributed by atoms with van der Waals surface area (Å²) in [6.07, 6.45) is 1.49. The SMILES string of the molecule is COc1cc(/C=C(/C#N)C(=O)Nc2nc(-c3ccccc3)cs2)ccc1OCCOc1ccccc1C. The highest BCUT2D eigenvalue weighted by molar-refractivity contribution is 7.14. The summed E-state index contributed by atoms with van der Waals surface area (Å²) in [7, 11) is 1.53. The molecule has 0 fully saturated rings. The predicted molar refractivity (Wildman–Crippen MR) is 145 cm³/mol. The highest BCUT2D eigenvalue weighted by atomic mass is 32.1. The molecule has 0 unspecified atom stereocenters. The van der Waals surface area contributed by atoms with Gasteiger partial charge in [0.15, 0.2) is 16.6 Å². The van der Waals surface area contributed by atoms with E-state index in [-0.39, 0.29) is 5.57 Å². The molecule has 1 heterocycles. The molecular formula is C29H25N3O4S. The Hall–Kier alpha value is -4.61. The lowest BCUT2D eigenvalue weighted by Gasteiger charge is -2.13. The third kappa shape index (κ3) is 6.75. The number of methoxy groups -OCH3 is 1. The van der Waals surface area contributed by atoms with Crippen molar-refractivity contribution in [3.63, 3.8) is 0 Å². The average molecular weight is 512 g/mol. The Kier molecular flexibility index (Phi) is 8.53. The van der Waals surface area contributed by atoms with Gasteiger partial charge >= 0.3 is 0 Å². The van der Waals surface area contributed by atoms with Crippen LogP contribution in [-0.2, 0) is 4.79 Å². The Labute approximate surface area is 219 Å². The van der Waals surface area contributed by atoms with E-state index in [4.69, 9.17) is 14.2 Å². The van der Waals surface area contributed by atoms with Gasteiger partial charge in [-0.1, -0.05) is 54.6 Å². The van der Waals surface area contributed by atoms with Crippen LogP contribution in [0, 0.1) is 18.3 Å². The number of benzene rings is 3. The van der Waals surface area contributed by atoms with E-state index in [1.165, 1.54) is 24.5 Å². The molecule has 0 aliphatic carbocycles. The lowest BCUT2D eigenvalue weighted by Crippen LogP contribution is -2.13. The number of hydrogen-bond acceptors (Lipinski definition) is 7. The van der Waals surface area contributed by atoms with Crippen molar-refractivity contribution < 1.29 is 19.0 Å². The van der Waals surface area contributed by atoms with Gasteiger partial charge in [0.2, 0.25) is 0 Å². The van der Waals surface area contributed by atoms with Crippen LogP contribution in [0.25, 0.3) is 17.3 Å². The summed E-state index contributed by atoms with van der Waals surface area (Å²) in [5.74, 6) is 1.29. The highest BCUT2D eigenvalue weighted by Gasteiger charge is 2.14. The van der Waals surface area contributed by atoms with Crippen LogP contribution in [0.4, 0.5) is 5.13 Å². The maximum absolute atomic E-state index is 12.7. The van der Waals surface area contributed by atoms with Crippen LogP contribution in [0.2, 0.25) is 0 Å². The van der Waals surface area contributed by atoms with E-state index in [0.29, 0.717) is 35.4 Å². The van der Waals surface area contributed by atoms with Gasteiger partial charge in [-0.25, -0.2) is 4.98 Å². The Morgan fingerprint density at radius 2 is 1.73 bits per heavy atom. The van der Waals surface area contributed by atoms with Crippen LogP contribution in [0.5, 0.6) is 17.2 Å². The molecule has 1 amide bonds. The summed E-state index contributed by atoms with van der Waals surface area (Å²) in [5, 5.41) is 14.6. The average Bonchev–Trinajstić information content (AvgIpc) is 3.40. The zero-order chi connectivity index (χ0) is 26.0. The molecule has 0 spiro atoms. The number of aromatic nitrogens is 1. The zero-order valence-corrected chi connectivity index (χ0v) is 21.2. The molecule has 186 valence electrons. The van der Waals surface area contributed by atoms with Gasteiger partial charge in [-0.05, 0) is 42.3 Å². The largest absolute Gasteiger partial charge is 0.493 e. The molecule has 0 aliphatic heterocycles. The number of amides is 1. The van der Waals surface area contributed by atoms with Crippen LogP contribution in [0.15, 0.2) is 83.7 Å². The molecule has 7 nitrogen and oxygen atoms in total. The lowest BCUT2D eigenvalue weighted by molar-refractivity contribution is -0.112. The number of para-hydroxylation sites is 1. The third-order valence-electron chi connectivity index (χ3n) is 5.35. The van der Waals surface area contributed by atoms with Crippen LogP contribution in [0.1, 0.15) is 11.1 Å². The highest BCUT2D eigenvalue weighted by Crippen LogP contribution is 2.29. The molecule has 37 heavy (non-hydrogen) atoms. The van der Waals surface area contributed by atoms with E-state index in [9.17, 15) is 10.1 Å². The number of hydrogen-bond donors (Lipinski definition) is 1. The standard InChI is InChI=1S/C29H25N3O4S/c1-20-8-6-7-11-25(20)35-14-15-36-26-13-12-21(17-27(26)34-2)16-23(18-30)28(33)32-29-31-24(19-37-29)22-9-4-3-5-10-22/h3-13,16-17,19H,14-15H2,1-2H3,(H,31,32,33)/b23-16-. The maximum Gasteiger partial charge on any atom is 0.268 e. The number of ether oxygens (including phenoxy) is 3. The van der Waals surface area contributed by atoms with E-state index >= 15 is 0 Å². The van der Waals surface area contributed by atoms with Gasteiger partial charge in [0.25, 0.3) is 5.91 Å². The number of nitriles is 1. The fourth-order valence-corrected chi connectivity index (χ4v) is 4.18. The second kappa shape index (κ2) is 12.4. The Balaban J connectivity index is 1.38. The predicted octanol–water partition coefficient (Wildman–Crippen LogP) is 6.13. The summed E-state index contributed by atoms with van der Waals surface area (Å²) >= 11 is 1.30. The molecule has 1 aromatic heterocycles. The Morgan fingerprint density at radius 3 is 2.46 bits per heavy atom. The number of rotatable bonds is 10. The second-order valence-electron chi connectivity index (χ2n) is 7.90. The topological polar surface area (TPSA) is 93.5 Å². The van der Waals surface area contributed by atoms with E-state index in [1.807, 2.05) is 73.0 Å². The van der Waals surface area contributed by atoms with E-state index < -0.39 is 5.91 Å². The molecule has 0 radical (unpaired) electrons. The van der Waals surface area contributed by atoms with Crippen LogP contribution >= 0.6 is 11.3 Å². The number of thiazole rings is 1. The number of aryl methyl sites for hydroxylation is 1. The van der Waals surface area contributed by atoms with Crippen molar-refractivity contribution in [2.75, 3.05) is 25.6 Å². The fraction of sp³-hybridized carbons (Fsp3) is 0.138. The maximum atomic E-state index is 12.7. The molecule has 0 bridgehead atoms. The molecule has 1 N–H and O–H groups in total. The lowest BCUT2D eigenvalue weighted by atomic mass is 10.1. The van der Waals surface area contributed by atoms with Crippen molar-refractivity contribution in [3.05, 3.63) is 94.9 Å². The van der Waals surface area contributed by atoms with Crippen LogP contribution in [0.3, 0.4) is 0 Å². The number of nitrogens with one attached hydrogen (secondary N) is 1. The summed E-state index contributed by atoms with van der Waals surface area (Å²) in [5.41, 5.74) is 3.33. The monoisotopic (exact) mass is 511 g/mol.